The van der Waals surface area contributed by atoms with Gasteiger partial charge in [-0.05, 0) is 65.5 Å². The summed E-state index contributed by atoms with van der Waals surface area (Å²) >= 11 is 0. The molecule has 2 fully saturated rings. The van der Waals surface area contributed by atoms with Gasteiger partial charge in [0.25, 0.3) is 0 Å². The van der Waals surface area contributed by atoms with Crippen molar-refractivity contribution in [1.82, 2.24) is 20.5 Å². The van der Waals surface area contributed by atoms with Crippen molar-refractivity contribution in [3.05, 3.63) is 66.7 Å². The largest absolute Gasteiger partial charge is 0.497 e. The molecular weight excluding hydrogens is 652 g/mol. The Morgan fingerprint density at radius 1 is 1.10 bits per heavy atom. The summed E-state index contributed by atoms with van der Waals surface area (Å²) < 4.78 is 23.0. The summed E-state index contributed by atoms with van der Waals surface area (Å²) in [7, 11) is 1.59. The highest BCUT2D eigenvalue weighted by Crippen LogP contribution is 2.46. The van der Waals surface area contributed by atoms with Crippen molar-refractivity contribution in [2.75, 3.05) is 20.3 Å². The standard InChI is InChI=1S/C39H46N4O8/c1-6-49-36(46)39-22-25(39)15-11-8-12-16-29(41-37(47)51-38(2,3)4)35(45)43-23-27(20-32(43)34(44)42-39)50-33-21-30(24-13-9-7-10-14-24)40-31-19-26(48-5)17-18-28(31)33/h7,9-11,13-15,17-19,21,25,27,29,32H,6,8,12,16,20,22-23H2,1-5H3,(H,41,47)(H,42,44)/b15-11+/t25?,27-,29+,32+,39-/m1/s1. The van der Waals surface area contributed by atoms with Gasteiger partial charge >= 0.3 is 12.1 Å². The first-order valence-corrected chi connectivity index (χ1v) is 17.6. The molecule has 0 bridgehead atoms. The van der Waals surface area contributed by atoms with E-state index in [0.717, 1.165) is 10.9 Å². The highest BCUT2D eigenvalue weighted by atomic mass is 16.6. The van der Waals surface area contributed by atoms with E-state index in [0.29, 0.717) is 48.4 Å². The maximum Gasteiger partial charge on any atom is 0.408 e. The van der Waals surface area contributed by atoms with Gasteiger partial charge in [0.05, 0.1) is 31.5 Å². The quantitative estimate of drug-likeness (QED) is 0.247. The first-order valence-electron chi connectivity index (χ1n) is 17.6. The molecule has 2 aliphatic heterocycles. The number of carbonyl (C=O) groups is 4. The molecule has 0 radical (unpaired) electrons. The summed E-state index contributed by atoms with van der Waals surface area (Å²) in [4.78, 5) is 61.1. The Morgan fingerprint density at radius 3 is 2.61 bits per heavy atom. The van der Waals surface area contributed by atoms with E-state index in [1.807, 2.05) is 66.7 Å². The summed E-state index contributed by atoms with van der Waals surface area (Å²) in [6, 6.07) is 15.2. The highest BCUT2D eigenvalue weighted by Gasteiger charge is 2.62. The second-order valence-electron chi connectivity index (χ2n) is 14.3. The topological polar surface area (TPSA) is 145 Å². The predicted molar refractivity (Wildman–Crippen MR) is 190 cm³/mol. The van der Waals surface area contributed by atoms with Gasteiger partial charge in [-0.3, -0.25) is 9.59 Å². The number of rotatable bonds is 7. The lowest BCUT2D eigenvalue weighted by molar-refractivity contribution is -0.150. The van der Waals surface area contributed by atoms with Gasteiger partial charge in [0.1, 0.15) is 40.8 Å². The van der Waals surface area contributed by atoms with Gasteiger partial charge in [0.15, 0.2) is 0 Å². The fraction of sp³-hybridized carbons (Fsp3) is 0.462. The number of nitrogens with zero attached hydrogens (tertiary/aromatic N) is 2. The van der Waals surface area contributed by atoms with Crippen LogP contribution in [0.15, 0.2) is 66.7 Å². The maximum absolute atomic E-state index is 14.4. The van der Waals surface area contributed by atoms with Crippen LogP contribution in [-0.2, 0) is 23.9 Å². The molecule has 2 aromatic carbocycles. The molecule has 1 saturated heterocycles. The maximum atomic E-state index is 14.4. The van der Waals surface area contributed by atoms with Crippen molar-refractivity contribution in [1.29, 1.82) is 0 Å². The number of carbonyl (C=O) groups excluding carboxylic acids is 4. The fourth-order valence-electron chi connectivity index (χ4n) is 6.83. The highest BCUT2D eigenvalue weighted by molar-refractivity contribution is 5.97. The Bertz CT molecular complexity index is 1820. The number of pyridine rings is 1. The number of ether oxygens (including phenoxy) is 4. The van der Waals surface area contributed by atoms with Gasteiger partial charge in [0.2, 0.25) is 11.8 Å². The molecule has 51 heavy (non-hydrogen) atoms. The average Bonchev–Trinajstić information content (AvgIpc) is 3.62. The average molecular weight is 699 g/mol. The second kappa shape index (κ2) is 14.6. The van der Waals surface area contributed by atoms with E-state index >= 15 is 0 Å². The van der Waals surface area contributed by atoms with E-state index in [9.17, 15) is 19.2 Å². The summed E-state index contributed by atoms with van der Waals surface area (Å²) in [5.41, 5.74) is 0.261. The summed E-state index contributed by atoms with van der Waals surface area (Å²) in [5.74, 6) is -0.464. The van der Waals surface area contributed by atoms with E-state index < -0.39 is 53.2 Å². The zero-order valence-corrected chi connectivity index (χ0v) is 29.8. The first kappa shape index (κ1) is 35.7. The van der Waals surface area contributed by atoms with Crippen molar-refractivity contribution in [3.8, 4) is 22.8 Å². The smallest absolute Gasteiger partial charge is 0.408 e. The van der Waals surface area contributed by atoms with Crippen molar-refractivity contribution < 1.29 is 38.1 Å². The molecule has 3 aliphatic rings. The van der Waals surface area contributed by atoms with Crippen LogP contribution >= 0.6 is 0 Å². The van der Waals surface area contributed by atoms with Gasteiger partial charge in [0, 0.05) is 35.4 Å². The Labute approximate surface area is 297 Å². The minimum Gasteiger partial charge on any atom is -0.497 e. The zero-order chi connectivity index (χ0) is 36.3. The van der Waals surface area contributed by atoms with E-state index in [4.69, 9.17) is 23.9 Å². The third-order valence-electron chi connectivity index (χ3n) is 9.41. The summed E-state index contributed by atoms with van der Waals surface area (Å²) in [5, 5.41) is 6.48. The minimum absolute atomic E-state index is 0.0676. The molecule has 3 heterocycles. The van der Waals surface area contributed by atoms with Crippen LogP contribution in [0.2, 0.25) is 0 Å². The lowest BCUT2D eigenvalue weighted by atomic mass is 10.1. The number of hydrogen-bond donors (Lipinski definition) is 2. The van der Waals surface area contributed by atoms with Gasteiger partial charge in [-0.25, -0.2) is 14.6 Å². The van der Waals surface area contributed by atoms with Crippen molar-refractivity contribution >= 4 is 34.8 Å². The van der Waals surface area contributed by atoms with E-state index in [1.165, 1.54) is 4.90 Å². The number of methoxy groups -OCH3 is 1. The van der Waals surface area contributed by atoms with Gasteiger partial charge < -0.3 is 34.5 Å². The lowest BCUT2D eigenvalue weighted by Crippen LogP contribution is -2.56. The number of hydrogen-bond acceptors (Lipinski definition) is 9. The number of amides is 3. The fourth-order valence-corrected chi connectivity index (χ4v) is 6.83. The van der Waals surface area contributed by atoms with Crippen LogP contribution in [0.25, 0.3) is 22.2 Å². The molecule has 12 nitrogen and oxygen atoms in total. The normalized spacial score (nSPS) is 25.5. The summed E-state index contributed by atoms with van der Waals surface area (Å²) in [6.07, 6.45) is 4.63. The molecule has 1 aromatic heterocycles. The van der Waals surface area contributed by atoms with Crippen LogP contribution in [0.4, 0.5) is 4.79 Å². The minimum atomic E-state index is -1.20. The van der Waals surface area contributed by atoms with E-state index in [1.54, 1.807) is 34.8 Å². The Kier molecular flexibility index (Phi) is 10.2. The van der Waals surface area contributed by atoms with E-state index in [2.05, 4.69) is 10.6 Å². The number of allylic oxidation sites excluding steroid dienone is 1. The SMILES string of the molecule is CCOC(=O)[C@@]12CC1/C=C/CCC[C@H](NC(=O)OC(C)(C)C)C(=O)N1C[C@H](Oc3cc(-c4ccccc4)nc4cc(OC)ccc34)C[C@H]1C(=O)N2. The van der Waals surface area contributed by atoms with Crippen LogP contribution in [0.5, 0.6) is 11.5 Å². The molecular formula is C39H46N4O8. The third-order valence-corrected chi connectivity index (χ3v) is 9.41. The molecule has 2 N–H and O–H groups in total. The molecule has 3 amide bonds. The van der Waals surface area contributed by atoms with Crippen molar-refractivity contribution in [2.24, 2.45) is 5.92 Å². The molecule has 3 aromatic rings. The third kappa shape index (κ3) is 7.95. The number of fused-ring (bicyclic) bond motifs is 3. The Hall–Kier alpha value is -5.13. The van der Waals surface area contributed by atoms with Crippen molar-refractivity contribution in [3.63, 3.8) is 0 Å². The van der Waals surface area contributed by atoms with Crippen LogP contribution < -0.4 is 20.1 Å². The molecule has 1 unspecified atom stereocenters. The van der Waals surface area contributed by atoms with Crippen LogP contribution in [0.3, 0.4) is 0 Å². The van der Waals surface area contributed by atoms with Crippen LogP contribution in [-0.4, -0.2) is 83.3 Å². The van der Waals surface area contributed by atoms with Crippen LogP contribution in [0, 0.1) is 5.92 Å². The van der Waals surface area contributed by atoms with Gasteiger partial charge in [-0.15, -0.1) is 0 Å². The lowest BCUT2D eigenvalue weighted by Gasteiger charge is -2.30. The number of alkyl carbamates (subject to hydrolysis) is 1. The van der Waals surface area contributed by atoms with Gasteiger partial charge in [-0.2, -0.15) is 0 Å². The van der Waals surface area contributed by atoms with Crippen molar-refractivity contribution in [2.45, 2.75) is 89.1 Å². The molecule has 12 heteroatoms. The molecule has 1 aliphatic carbocycles. The van der Waals surface area contributed by atoms with Gasteiger partial charge in [-0.1, -0.05) is 42.5 Å². The number of nitrogens with one attached hydrogen (secondary N) is 2. The first-order chi connectivity index (χ1) is 24.4. The number of benzene rings is 2. The molecule has 0 spiro atoms. The summed E-state index contributed by atoms with van der Waals surface area (Å²) in [6.45, 7) is 7.21. The number of aromatic nitrogens is 1. The second-order valence-corrected chi connectivity index (χ2v) is 14.3. The molecule has 270 valence electrons. The zero-order valence-electron chi connectivity index (χ0n) is 29.8. The monoisotopic (exact) mass is 698 g/mol. The van der Waals surface area contributed by atoms with E-state index in [-0.39, 0.29) is 25.5 Å². The molecule has 1 saturated carbocycles. The van der Waals surface area contributed by atoms with Crippen LogP contribution in [0.1, 0.15) is 59.8 Å². The molecule has 6 rings (SSSR count). The predicted octanol–water partition coefficient (Wildman–Crippen LogP) is 5.33. The molecule has 5 atom stereocenters. The number of esters is 1. The Morgan fingerprint density at radius 2 is 1.88 bits per heavy atom. The Balaban J connectivity index is 1.34.